The predicted molar refractivity (Wildman–Crippen MR) is 59.2 cm³/mol. The zero-order chi connectivity index (χ0) is 11.1. The summed E-state index contributed by atoms with van der Waals surface area (Å²) in [4.78, 5) is 31.1. The molecule has 0 unspecified atom stereocenters. The summed E-state index contributed by atoms with van der Waals surface area (Å²) in [5, 5.41) is 0.676. The van der Waals surface area contributed by atoms with E-state index in [0.717, 1.165) is 6.21 Å². The molecule has 76 valence electrons. The number of benzene rings is 1. The van der Waals surface area contributed by atoms with Crippen LogP contribution in [0, 0.1) is 0 Å². The molecule has 0 N–H and O–H groups in total. The van der Waals surface area contributed by atoms with Crippen LogP contribution in [-0.2, 0) is 4.79 Å². The number of Topliss-reactive ketones (excluding diaryl/α,β-unsaturated/α-hetero) is 2. The summed E-state index contributed by atoms with van der Waals surface area (Å²) in [5.41, 5.74) is 1.51. The third-order valence-corrected chi connectivity index (χ3v) is 2.53. The number of fused-ring (bicyclic) bond motifs is 3. The van der Waals surface area contributed by atoms with Crippen LogP contribution in [0.2, 0.25) is 0 Å². The van der Waals surface area contributed by atoms with Crippen molar-refractivity contribution in [2.24, 2.45) is 4.99 Å². The summed E-state index contributed by atoms with van der Waals surface area (Å²) in [5.74, 6) is -1.09. The van der Waals surface area contributed by atoms with Crippen LogP contribution in [0.3, 0.4) is 0 Å². The SMILES string of the molecule is O=C1C=Nc2cnc3ccccc3c2C1=O. The molecular weight excluding hydrogens is 204 g/mol. The molecule has 1 aliphatic rings. The van der Waals surface area contributed by atoms with Gasteiger partial charge in [0, 0.05) is 5.39 Å². The van der Waals surface area contributed by atoms with Gasteiger partial charge in [0.25, 0.3) is 0 Å². The van der Waals surface area contributed by atoms with E-state index in [1.54, 1.807) is 18.2 Å². The molecule has 2 aromatic rings. The Morgan fingerprint density at radius 2 is 1.88 bits per heavy atom. The number of ketones is 2. The minimum Gasteiger partial charge on any atom is -0.285 e. The molecule has 0 saturated heterocycles. The number of hydrogen-bond donors (Lipinski definition) is 0. The Balaban J connectivity index is 2.46. The van der Waals surface area contributed by atoms with E-state index in [9.17, 15) is 9.59 Å². The molecule has 0 amide bonds. The maximum Gasteiger partial charge on any atom is 0.244 e. The highest BCUT2D eigenvalue weighted by atomic mass is 16.2. The second-order valence-electron chi connectivity index (χ2n) is 3.49. The van der Waals surface area contributed by atoms with Gasteiger partial charge in [0.15, 0.2) is 0 Å². The quantitative estimate of drug-likeness (QED) is 0.622. The average molecular weight is 210 g/mol. The zero-order valence-corrected chi connectivity index (χ0v) is 8.18. The van der Waals surface area contributed by atoms with Crippen LogP contribution in [0.1, 0.15) is 10.4 Å². The van der Waals surface area contributed by atoms with Crippen LogP contribution in [-0.4, -0.2) is 22.8 Å². The average Bonchev–Trinajstić information content (AvgIpc) is 2.33. The van der Waals surface area contributed by atoms with Gasteiger partial charge in [-0.1, -0.05) is 18.2 Å². The molecule has 1 aromatic carbocycles. The summed E-state index contributed by atoms with van der Waals surface area (Å²) in [6.45, 7) is 0. The lowest BCUT2D eigenvalue weighted by Crippen LogP contribution is -2.19. The van der Waals surface area contributed by atoms with Gasteiger partial charge in [-0.05, 0) is 6.07 Å². The molecule has 0 radical (unpaired) electrons. The topological polar surface area (TPSA) is 59.4 Å². The number of aromatic nitrogens is 1. The van der Waals surface area contributed by atoms with Crippen LogP contribution < -0.4 is 0 Å². The molecule has 3 rings (SSSR count). The molecule has 4 heteroatoms. The largest absolute Gasteiger partial charge is 0.285 e. The van der Waals surface area contributed by atoms with Gasteiger partial charge in [-0.15, -0.1) is 0 Å². The van der Waals surface area contributed by atoms with Crippen LogP contribution in [0.5, 0.6) is 0 Å². The molecule has 0 bridgehead atoms. The van der Waals surface area contributed by atoms with Crippen molar-refractivity contribution < 1.29 is 9.59 Å². The Bertz CT molecular complexity index is 659. The molecule has 1 aromatic heterocycles. The van der Waals surface area contributed by atoms with Gasteiger partial charge in [0.1, 0.15) is 0 Å². The number of carbonyl (C=O) groups excluding carboxylic acids is 2. The number of carbonyl (C=O) groups is 2. The minimum atomic E-state index is -0.580. The van der Waals surface area contributed by atoms with Crippen molar-refractivity contribution in [2.75, 3.05) is 0 Å². The van der Waals surface area contributed by atoms with Crippen molar-refractivity contribution >= 4 is 34.4 Å². The Morgan fingerprint density at radius 1 is 1.06 bits per heavy atom. The standard InChI is InChI=1S/C12H6N2O2/c15-10-6-14-9-5-13-8-4-2-1-3-7(8)11(9)12(10)16/h1-6H. The summed E-state index contributed by atoms with van der Waals surface area (Å²) >= 11 is 0. The molecule has 4 nitrogen and oxygen atoms in total. The summed E-state index contributed by atoms with van der Waals surface area (Å²) < 4.78 is 0. The Morgan fingerprint density at radius 3 is 2.75 bits per heavy atom. The van der Waals surface area contributed by atoms with Gasteiger partial charge in [0.05, 0.1) is 29.2 Å². The lowest BCUT2D eigenvalue weighted by molar-refractivity contribution is -0.109. The lowest BCUT2D eigenvalue weighted by Gasteiger charge is -2.09. The smallest absolute Gasteiger partial charge is 0.244 e. The second-order valence-corrected chi connectivity index (χ2v) is 3.49. The third-order valence-electron chi connectivity index (χ3n) is 2.53. The van der Waals surface area contributed by atoms with Gasteiger partial charge < -0.3 is 0 Å². The van der Waals surface area contributed by atoms with E-state index in [1.165, 1.54) is 6.20 Å². The monoisotopic (exact) mass is 210 g/mol. The highest BCUT2D eigenvalue weighted by molar-refractivity contribution is 6.65. The second kappa shape index (κ2) is 3.06. The molecule has 0 atom stereocenters. The molecule has 0 fully saturated rings. The van der Waals surface area contributed by atoms with Crippen molar-refractivity contribution in [1.82, 2.24) is 4.98 Å². The van der Waals surface area contributed by atoms with E-state index in [1.807, 2.05) is 6.07 Å². The van der Waals surface area contributed by atoms with E-state index in [0.29, 0.717) is 22.2 Å². The summed E-state index contributed by atoms with van der Waals surface area (Å²) in [6, 6.07) is 7.21. The lowest BCUT2D eigenvalue weighted by atomic mass is 9.99. The maximum absolute atomic E-state index is 11.8. The van der Waals surface area contributed by atoms with Crippen LogP contribution in [0.15, 0.2) is 35.5 Å². The summed E-state index contributed by atoms with van der Waals surface area (Å²) in [6.07, 6.45) is 2.56. The first-order valence-electron chi connectivity index (χ1n) is 4.78. The van der Waals surface area contributed by atoms with E-state index >= 15 is 0 Å². The van der Waals surface area contributed by atoms with E-state index in [2.05, 4.69) is 9.98 Å². The number of para-hydroxylation sites is 1. The number of nitrogens with zero attached hydrogens (tertiary/aromatic N) is 2. The number of hydrogen-bond acceptors (Lipinski definition) is 4. The minimum absolute atomic E-state index is 0.359. The number of aliphatic imine (C=N–C) groups is 1. The van der Waals surface area contributed by atoms with E-state index in [-0.39, 0.29) is 0 Å². The molecular formula is C12H6N2O2. The Kier molecular flexibility index (Phi) is 1.71. The van der Waals surface area contributed by atoms with Gasteiger partial charge in [-0.3, -0.25) is 19.6 Å². The molecule has 1 aliphatic heterocycles. The van der Waals surface area contributed by atoms with Crippen LogP contribution >= 0.6 is 0 Å². The molecule has 0 aliphatic carbocycles. The molecule has 2 heterocycles. The van der Waals surface area contributed by atoms with Gasteiger partial charge in [-0.25, -0.2) is 0 Å². The first-order chi connectivity index (χ1) is 7.77. The number of rotatable bonds is 0. The van der Waals surface area contributed by atoms with Crippen molar-refractivity contribution in [3.8, 4) is 0 Å². The normalized spacial score (nSPS) is 14.2. The van der Waals surface area contributed by atoms with Crippen molar-refractivity contribution in [3.05, 3.63) is 36.0 Å². The van der Waals surface area contributed by atoms with Crippen molar-refractivity contribution in [2.45, 2.75) is 0 Å². The van der Waals surface area contributed by atoms with Gasteiger partial charge in [-0.2, -0.15) is 0 Å². The Hall–Kier alpha value is -2.36. The fourth-order valence-corrected chi connectivity index (χ4v) is 1.78. The number of pyridine rings is 1. The molecule has 16 heavy (non-hydrogen) atoms. The van der Waals surface area contributed by atoms with E-state index < -0.39 is 11.6 Å². The zero-order valence-electron chi connectivity index (χ0n) is 8.18. The summed E-state index contributed by atoms with van der Waals surface area (Å²) in [7, 11) is 0. The third kappa shape index (κ3) is 1.10. The fraction of sp³-hybridized carbons (Fsp3) is 0. The Labute approximate surface area is 90.6 Å². The van der Waals surface area contributed by atoms with Gasteiger partial charge >= 0.3 is 0 Å². The van der Waals surface area contributed by atoms with Crippen LogP contribution in [0.4, 0.5) is 5.69 Å². The first kappa shape index (κ1) is 8.91. The highest BCUT2D eigenvalue weighted by Gasteiger charge is 2.24. The fourth-order valence-electron chi connectivity index (χ4n) is 1.78. The maximum atomic E-state index is 11.8. The van der Waals surface area contributed by atoms with Crippen molar-refractivity contribution in [3.63, 3.8) is 0 Å². The van der Waals surface area contributed by atoms with E-state index in [4.69, 9.17) is 0 Å². The van der Waals surface area contributed by atoms with Gasteiger partial charge in [0.2, 0.25) is 11.6 Å². The molecule has 0 spiro atoms. The predicted octanol–water partition coefficient (Wildman–Crippen LogP) is 1.70. The first-order valence-corrected chi connectivity index (χ1v) is 4.78. The molecule has 0 saturated carbocycles. The van der Waals surface area contributed by atoms with Crippen molar-refractivity contribution in [1.29, 1.82) is 0 Å². The van der Waals surface area contributed by atoms with Crippen LogP contribution in [0.25, 0.3) is 10.9 Å². The highest BCUT2D eigenvalue weighted by Crippen LogP contribution is 2.28.